The molecular formula is C29H26N4O3S3. The van der Waals surface area contributed by atoms with Crippen LogP contribution < -0.4 is 9.62 Å². The molecule has 6 rings (SSSR count). The maximum Gasteiger partial charge on any atom is 0.264 e. The van der Waals surface area contributed by atoms with Crippen LogP contribution in [0.5, 0.6) is 0 Å². The van der Waals surface area contributed by atoms with Gasteiger partial charge in [-0.25, -0.2) is 13.4 Å². The van der Waals surface area contributed by atoms with E-state index in [9.17, 15) is 13.2 Å². The number of benzene rings is 3. The van der Waals surface area contributed by atoms with E-state index in [1.807, 2.05) is 24.3 Å². The van der Waals surface area contributed by atoms with Crippen LogP contribution in [0.4, 0.5) is 10.7 Å². The molecule has 5 aromatic rings. The zero-order valence-electron chi connectivity index (χ0n) is 21.4. The summed E-state index contributed by atoms with van der Waals surface area (Å²) in [6.45, 7) is 1.78. The van der Waals surface area contributed by atoms with Gasteiger partial charge in [0.15, 0.2) is 0 Å². The molecule has 7 nitrogen and oxygen atoms in total. The maximum atomic E-state index is 13.4. The van der Waals surface area contributed by atoms with Gasteiger partial charge in [0, 0.05) is 36.1 Å². The molecule has 10 heteroatoms. The quantitative estimate of drug-likeness (QED) is 0.265. The topological polar surface area (TPSA) is 82.6 Å². The minimum absolute atomic E-state index is 0.121. The molecule has 1 amide bonds. The van der Waals surface area contributed by atoms with Crippen LogP contribution in [-0.4, -0.2) is 44.8 Å². The summed E-state index contributed by atoms with van der Waals surface area (Å²) >= 11 is 3.22. The molecule has 2 aromatic heterocycles. The highest BCUT2D eigenvalue weighted by Crippen LogP contribution is 2.45. The van der Waals surface area contributed by atoms with E-state index in [0.717, 1.165) is 45.3 Å². The molecule has 0 saturated heterocycles. The Bertz CT molecular complexity index is 1740. The number of carbonyl (C=O) groups is 1. The largest absolute Gasteiger partial charge is 0.313 e. The molecular weight excluding hydrogens is 549 g/mol. The molecule has 1 N–H and O–H groups in total. The number of hydrogen-bond acceptors (Lipinski definition) is 7. The van der Waals surface area contributed by atoms with Crippen LogP contribution in [0.3, 0.4) is 0 Å². The number of amides is 1. The summed E-state index contributed by atoms with van der Waals surface area (Å²) in [7, 11) is -0.145. The van der Waals surface area contributed by atoms with E-state index in [0.29, 0.717) is 11.3 Å². The number of likely N-dealkylation sites (N-methyl/N-ethyl adjacent to an activating group) is 1. The Labute approximate surface area is 235 Å². The molecule has 0 fully saturated rings. The number of rotatable bonds is 6. The number of para-hydroxylation sites is 2. The van der Waals surface area contributed by atoms with Crippen LogP contribution in [0, 0.1) is 0 Å². The first kappa shape index (κ1) is 25.7. The lowest BCUT2D eigenvalue weighted by molar-refractivity contribution is 0.102. The van der Waals surface area contributed by atoms with Crippen molar-refractivity contribution in [2.24, 2.45) is 0 Å². The summed E-state index contributed by atoms with van der Waals surface area (Å²) in [5.41, 5.74) is 4.14. The van der Waals surface area contributed by atoms with E-state index in [4.69, 9.17) is 4.98 Å². The van der Waals surface area contributed by atoms with Crippen LogP contribution in [0.25, 0.3) is 20.8 Å². The average molecular weight is 575 g/mol. The van der Waals surface area contributed by atoms with Gasteiger partial charge in [-0.2, -0.15) is 0 Å². The third-order valence-corrected chi connectivity index (χ3v) is 10.9. The Hall–Kier alpha value is -3.57. The Balaban J connectivity index is 1.30. The van der Waals surface area contributed by atoms with E-state index in [1.54, 1.807) is 59.1 Å². The number of anilines is 2. The SMILES string of the molecule is CN1CCc2c(sc(NC(=O)c3ccc(S(=O)(=O)N(C)c4ccccc4)cc3)c2-c2nc3ccccc3s2)C1. The van der Waals surface area contributed by atoms with Crippen molar-refractivity contribution in [3.05, 3.63) is 94.9 Å². The molecule has 0 spiro atoms. The van der Waals surface area contributed by atoms with Crippen LogP contribution >= 0.6 is 22.7 Å². The number of thiophene rings is 1. The normalized spacial score (nSPS) is 13.8. The minimum atomic E-state index is -3.76. The van der Waals surface area contributed by atoms with Gasteiger partial charge in [-0.3, -0.25) is 9.10 Å². The highest BCUT2D eigenvalue weighted by atomic mass is 32.2. The van der Waals surface area contributed by atoms with Crippen molar-refractivity contribution in [3.63, 3.8) is 0 Å². The lowest BCUT2D eigenvalue weighted by atomic mass is 10.0. The van der Waals surface area contributed by atoms with Crippen molar-refractivity contribution in [1.29, 1.82) is 0 Å². The smallest absolute Gasteiger partial charge is 0.264 e. The molecule has 0 radical (unpaired) electrons. The zero-order valence-corrected chi connectivity index (χ0v) is 23.9. The van der Waals surface area contributed by atoms with Gasteiger partial charge >= 0.3 is 0 Å². The lowest BCUT2D eigenvalue weighted by Gasteiger charge is -2.22. The predicted molar refractivity (Wildman–Crippen MR) is 159 cm³/mol. The summed E-state index contributed by atoms with van der Waals surface area (Å²) in [6, 6.07) is 23.0. The second-order valence-electron chi connectivity index (χ2n) is 9.47. The Morgan fingerprint density at radius 3 is 2.44 bits per heavy atom. The van der Waals surface area contributed by atoms with Crippen LogP contribution in [-0.2, 0) is 23.0 Å². The molecule has 198 valence electrons. The molecule has 0 saturated carbocycles. The Morgan fingerprint density at radius 1 is 0.974 bits per heavy atom. The number of sulfonamides is 1. The van der Waals surface area contributed by atoms with E-state index in [-0.39, 0.29) is 10.8 Å². The molecule has 3 heterocycles. The second kappa shape index (κ2) is 10.2. The molecule has 1 aliphatic rings. The number of thiazole rings is 1. The molecule has 0 unspecified atom stereocenters. The second-order valence-corrected chi connectivity index (χ2v) is 13.6. The third-order valence-electron chi connectivity index (χ3n) is 6.88. The van der Waals surface area contributed by atoms with Gasteiger partial charge in [0.2, 0.25) is 0 Å². The van der Waals surface area contributed by atoms with Crippen molar-refractivity contribution < 1.29 is 13.2 Å². The summed E-state index contributed by atoms with van der Waals surface area (Å²) in [5.74, 6) is -0.287. The van der Waals surface area contributed by atoms with Gasteiger partial charge in [0.25, 0.3) is 15.9 Å². The number of fused-ring (bicyclic) bond motifs is 2. The van der Waals surface area contributed by atoms with Crippen LogP contribution in [0.15, 0.2) is 83.8 Å². The Kier molecular flexibility index (Phi) is 6.72. The number of nitrogens with zero attached hydrogens (tertiary/aromatic N) is 3. The molecule has 0 atom stereocenters. The first-order valence-corrected chi connectivity index (χ1v) is 15.5. The van der Waals surface area contributed by atoms with Gasteiger partial charge in [0.05, 0.1) is 20.8 Å². The third kappa shape index (κ3) is 4.85. The van der Waals surface area contributed by atoms with Crippen molar-refractivity contribution in [2.45, 2.75) is 17.9 Å². The van der Waals surface area contributed by atoms with Gasteiger partial charge in [-0.15, -0.1) is 22.7 Å². The predicted octanol–water partition coefficient (Wildman–Crippen LogP) is 6.09. The highest BCUT2D eigenvalue weighted by Gasteiger charge is 2.27. The lowest BCUT2D eigenvalue weighted by Crippen LogP contribution is -2.26. The van der Waals surface area contributed by atoms with Gasteiger partial charge < -0.3 is 10.2 Å². The number of aromatic nitrogens is 1. The van der Waals surface area contributed by atoms with Crippen molar-refractivity contribution in [3.8, 4) is 10.6 Å². The summed E-state index contributed by atoms with van der Waals surface area (Å²) < 4.78 is 28.6. The summed E-state index contributed by atoms with van der Waals surface area (Å²) in [6.07, 6.45) is 0.894. The molecule has 1 aliphatic heterocycles. The molecule has 0 aliphatic carbocycles. The first-order valence-electron chi connectivity index (χ1n) is 12.5. The van der Waals surface area contributed by atoms with Crippen LogP contribution in [0.1, 0.15) is 20.8 Å². The fourth-order valence-electron chi connectivity index (χ4n) is 4.71. The van der Waals surface area contributed by atoms with E-state index in [1.165, 1.54) is 33.9 Å². The van der Waals surface area contributed by atoms with Crippen molar-refractivity contribution in [1.82, 2.24) is 9.88 Å². The molecule has 0 bridgehead atoms. The summed E-state index contributed by atoms with van der Waals surface area (Å²) in [5, 5.41) is 4.80. The van der Waals surface area contributed by atoms with Crippen molar-refractivity contribution in [2.75, 3.05) is 30.3 Å². The maximum absolute atomic E-state index is 13.4. The van der Waals surface area contributed by atoms with Gasteiger partial charge in [-0.1, -0.05) is 30.3 Å². The standard InChI is InChI=1S/C29H26N4O3S3/c1-32-17-16-22-25(18-32)38-29(26(22)28-30-23-10-6-7-11-24(23)37-28)31-27(34)19-12-14-21(15-13-19)39(35,36)33(2)20-8-4-3-5-9-20/h3-15H,16-18H2,1-2H3,(H,31,34). The van der Waals surface area contributed by atoms with E-state index in [2.05, 4.69) is 23.3 Å². The summed E-state index contributed by atoms with van der Waals surface area (Å²) in [4.78, 5) is 21.9. The fraction of sp³-hybridized carbons (Fsp3) is 0.172. The van der Waals surface area contributed by atoms with Crippen molar-refractivity contribution >= 4 is 59.5 Å². The monoisotopic (exact) mass is 574 g/mol. The van der Waals surface area contributed by atoms with Gasteiger partial charge in [-0.05, 0) is 67.6 Å². The molecule has 3 aromatic carbocycles. The van der Waals surface area contributed by atoms with Crippen LogP contribution in [0.2, 0.25) is 0 Å². The van der Waals surface area contributed by atoms with Gasteiger partial charge in [0.1, 0.15) is 10.0 Å². The number of carbonyl (C=O) groups excluding carboxylic acids is 1. The number of nitrogens with one attached hydrogen (secondary N) is 1. The Morgan fingerprint density at radius 2 is 1.69 bits per heavy atom. The minimum Gasteiger partial charge on any atom is -0.313 e. The van der Waals surface area contributed by atoms with E-state index < -0.39 is 10.0 Å². The fourth-order valence-corrected chi connectivity index (χ4v) is 8.34. The molecule has 39 heavy (non-hydrogen) atoms. The highest BCUT2D eigenvalue weighted by molar-refractivity contribution is 7.92. The average Bonchev–Trinajstić information content (AvgIpc) is 3.53. The zero-order chi connectivity index (χ0) is 27.1. The number of hydrogen-bond donors (Lipinski definition) is 1. The first-order chi connectivity index (χ1) is 18.8. The van der Waals surface area contributed by atoms with E-state index >= 15 is 0 Å².